The maximum atomic E-state index is 13.2. The third kappa shape index (κ3) is 2.38. The Bertz CT molecular complexity index is 596. The minimum atomic E-state index is -0.313. The molecule has 2 aromatic rings. The maximum Gasteiger partial charge on any atom is 0.184 e. The molecular formula is C17H17BrOS. The summed E-state index contributed by atoms with van der Waals surface area (Å²) >= 11 is 5.07. The number of carbonyl (C=O) groups is 1. The Kier molecular flexibility index (Phi) is 4.08. The molecule has 1 aliphatic carbocycles. The topological polar surface area (TPSA) is 17.1 Å². The summed E-state index contributed by atoms with van der Waals surface area (Å²) in [5.41, 5.74) is 0.873. The van der Waals surface area contributed by atoms with E-state index in [0.29, 0.717) is 5.78 Å². The summed E-state index contributed by atoms with van der Waals surface area (Å²) in [5.74, 6) is 0.297. The van der Waals surface area contributed by atoms with E-state index >= 15 is 0 Å². The molecule has 1 aliphatic rings. The molecule has 0 spiro atoms. The largest absolute Gasteiger partial charge is 0.292 e. The fourth-order valence-corrected chi connectivity index (χ4v) is 4.82. The van der Waals surface area contributed by atoms with Crippen molar-refractivity contribution < 1.29 is 4.79 Å². The van der Waals surface area contributed by atoms with Gasteiger partial charge in [-0.25, -0.2) is 0 Å². The number of thiophene rings is 1. The first-order valence-electron chi connectivity index (χ1n) is 7.07. The normalized spacial score (nSPS) is 17.9. The van der Waals surface area contributed by atoms with Crippen molar-refractivity contribution in [2.45, 2.75) is 37.5 Å². The summed E-state index contributed by atoms with van der Waals surface area (Å²) in [7, 11) is 0. The van der Waals surface area contributed by atoms with Gasteiger partial charge in [0.2, 0.25) is 0 Å². The second-order valence-corrected chi connectivity index (χ2v) is 7.21. The van der Waals surface area contributed by atoms with Gasteiger partial charge in [-0.15, -0.1) is 11.3 Å². The van der Waals surface area contributed by atoms with Gasteiger partial charge < -0.3 is 0 Å². The van der Waals surface area contributed by atoms with Crippen LogP contribution in [0.4, 0.5) is 0 Å². The van der Waals surface area contributed by atoms with Crippen LogP contribution < -0.4 is 0 Å². The molecule has 0 bridgehead atoms. The lowest BCUT2D eigenvalue weighted by atomic mass is 9.66. The van der Waals surface area contributed by atoms with Crippen LogP contribution in [0.25, 0.3) is 0 Å². The quantitative estimate of drug-likeness (QED) is 0.660. The molecule has 0 amide bonds. The second kappa shape index (κ2) is 5.82. The van der Waals surface area contributed by atoms with E-state index in [-0.39, 0.29) is 5.41 Å². The van der Waals surface area contributed by atoms with E-state index in [2.05, 4.69) is 28.1 Å². The third-order valence-corrected chi connectivity index (χ3v) is 6.13. The average Bonchev–Trinajstić information content (AvgIpc) is 2.94. The lowest BCUT2D eigenvalue weighted by Crippen LogP contribution is -2.37. The molecule has 1 saturated carbocycles. The fraction of sp³-hybridized carbons (Fsp3) is 0.353. The van der Waals surface area contributed by atoms with E-state index < -0.39 is 0 Å². The zero-order valence-electron chi connectivity index (χ0n) is 11.3. The van der Waals surface area contributed by atoms with E-state index in [1.54, 1.807) is 11.3 Å². The molecule has 0 aliphatic heterocycles. The molecule has 0 radical (unpaired) electrons. The minimum Gasteiger partial charge on any atom is -0.292 e. The molecule has 1 nitrogen and oxygen atoms in total. The minimum absolute atomic E-state index is 0.297. The van der Waals surface area contributed by atoms with Gasteiger partial charge in [0.1, 0.15) is 0 Å². The van der Waals surface area contributed by atoms with Crippen LogP contribution in [0.15, 0.2) is 46.3 Å². The highest BCUT2D eigenvalue weighted by Crippen LogP contribution is 2.43. The van der Waals surface area contributed by atoms with E-state index in [1.807, 2.05) is 29.6 Å². The highest BCUT2D eigenvalue weighted by Gasteiger charge is 2.42. The van der Waals surface area contributed by atoms with Crippen LogP contribution in [-0.4, -0.2) is 5.78 Å². The summed E-state index contributed by atoms with van der Waals surface area (Å²) in [4.78, 5) is 14.1. The number of Topliss-reactive ketones (excluding diaryl/α,β-unsaturated/α-hetero) is 1. The molecule has 3 heteroatoms. The van der Waals surface area contributed by atoms with Crippen LogP contribution in [-0.2, 0) is 5.41 Å². The van der Waals surface area contributed by atoms with Gasteiger partial charge in [0.25, 0.3) is 0 Å². The Balaban J connectivity index is 2.07. The van der Waals surface area contributed by atoms with E-state index in [0.717, 1.165) is 35.0 Å². The Morgan fingerprint density at radius 1 is 1.05 bits per heavy atom. The van der Waals surface area contributed by atoms with Gasteiger partial charge in [-0.05, 0) is 45.8 Å². The Hall–Kier alpha value is -0.930. The second-order valence-electron chi connectivity index (χ2n) is 5.44. The number of halogens is 1. The number of carbonyl (C=O) groups excluding carboxylic acids is 1. The Morgan fingerprint density at radius 3 is 2.35 bits per heavy atom. The number of hydrogen-bond acceptors (Lipinski definition) is 2. The highest BCUT2D eigenvalue weighted by atomic mass is 79.9. The van der Waals surface area contributed by atoms with Gasteiger partial charge in [0.05, 0.1) is 10.3 Å². The van der Waals surface area contributed by atoms with Gasteiger partial charge in [-0.2, -0.15) is 0 Å². The first-order chi connectivity index (χ1) is 9.74. The van der Waals surface area contributed by atoms with Crippen molar-refractivity contribution in [1.29, 1.82) is 0 Å². The molecule has 104 valence electrons. The van der Waals surface area contributed by atoms with E-state index in [4.69, 9.17) is 0 Å². The predicted octanol–water partition coefficient (Wildman–Crippen LogP) is 5.60. The zero-order chi connectivity index (χ0) is 14.0. The maximum absolute atomic E-state index is 13.2. The molecule has 0 N–H and O–H groups in total. The molecule has 1 aromatic heterocycles. The number of benzene rings is 1. The third-order valence-electron chi connectivity index (χ3n) is 4.29. The smallest absolute Gasteiger partial charge is 0.184 e. The van der Waals surface area contributed by atoms with Crippen molar-refractivity contribution in [3.63, 3.8) is 0 Å². The van der Waals surface area contributed by atoms with Crippen LogP contribution in [0.5, 0.6) is 0 Å². The van der Waals surface area contributed by atoms with Gasteiger partial charge >= 0.3 is 0 Å². The number of rotatable bonds is 3. The van der Waals surface area contributed by atoms with Crippen molar-refractivity contribution in [3.8, 4) is 0 Å². The van der Waals surface area contributed by atoms with Gasteiger partial charge in [0, 0.05) is 4.47 Å². The monoisotopic (exact) mass is 348 g/mol. The van der Waals surface area contributed by atoms with Gasteiger partial charge in [0.15, 0.2) is 5.78 Å². The van der Waals surface area contributed by atoms with Crippen molar-refractivity contribution >= 4 is 33.0 Å². The number of ketones is 1. The standard InChI is InChI=1S/C17H17BrOS/c18-14-9-12-20-15(14)16(19)17(10-5-2-6-11-17)13-7-3-1-4-8-13/h1,3-4,7-9,12H,2,5-6,10-11H2. The SMILES string of the molecule is O=C(c1sccc1Br)C1(c2ccccc2)CCCCC1. The van der Waals surface area contributed by atoms with Crippen molar-refractivity contribution in [1.82, 2.24) is 0 Å². The Morgan fingerprint density at radius 2 is 1.75 bits per heavy atom. The summed E-state index contributed by atoms with van der Waals surface area (Å²) < 4.78 is 0.938. The average molecular weight is 349 g/mol. The lowest BCUT2D eigenvalue weighted by Gasteiger charge is -2.36. The van der Waals surface area contributed by atoms with Crippen LogP contribution in [0.1, 0.15) is 47.3 Å². The molecule has 0 unspecified atom stereocenters. The molecule has 3 rings (SSSR count). The van der Waals surface area contributed by atoms with Crippen molar-refractivity contribution in [3.05, 3.63) is 56.7 Å². The summed E-state index contributed by atoms with van der Waals surface area (Å²) in [6.45, 7) is 0. The molecule has 1 fully saturated rings. The Labute approximate surface area is 132 Å². The van der Waals surface area contributed by atoms with Crippen LogP contribution in [0.3, 0.4) is 0 Å². The van der Waals surface area contributed by atoms with Gasteiger partial charge in [-0.3, -0.25) is 4.79 Å². The van der Waals surface area contributed by atoms with Crippen LogP contribution in [0, 0.1) is 0 Å². The van der Waals surface area contributed by atoms with Crippen LogP contribution in [0.2, 0.25) is 0 Å². The molecular weight excluding hydrogens is 332 g/mol. The first-order valence-corrected chi connectivity index (χ1v) is 8.75. The number of hydrogen-bond donors (Lipinski definition) is 0. The molecule has 20 heavy (non-hydrogen) atoms. The fourth-order valence-electron chi connectivity index (χ4n) is 3.23. The van der Waals surface area contributed by atoms with Gasteiger partial charge in [-0.1, -0.05) is 49.6 Å². The van der Waals surface area contributed by atoms with E-state index in [9.17, 15) is 4.79 Å². The zero-order valence-corrected chi connectivity index (χ0v) is 13.7. The van der Waals surface area contributed by atoms with E-state index in [1.165, 1.54) is 12.0 Å². The van der Waals surface area contributed by atoms with Crippen LogP contribution >= 0.6 is 27.3 Å². The summed E-state index contributed by atoms with van der Waals surface area (Å²) in [6, 6.07) is 12.3. The molecule has 1 heterocycles. The van der Waals surface area contributed by atoms with Crippen molar-refractivity contribution in [2.75, 3.05) is 0 Å². The summed E-state index contributed by atoms with van der Waals surface area (Å²) in [5, 5.41) is 1.98. The first kappa shape index (κ1) is 14.0. The molecule has 0 saturated heterocycles. The predicted molar refractivity (Wildman–Crippen MR) is 87.6 cm³/mol. The molecule has 1 aromatic carbocycles. The highest BCUT2D eigenvalue weighted by molar-refractivity contribution is 9.10. The summed E-state index contributed by atoms with van der Waals surface area (Å²) in [6.07, 6.45) is 5.47. The molecule has 0 atom stereocenters. The lowest BCUT2D eigenvalue weighted by molar-refractivity contribution is 0.0843. The van der Waals surface area contributed by atoms with Crippen molar-refractivity contribution in [2.24, 2.45) is 0 Å².